The summed E-state index contributed by atoms with van der Waals surface area (Å²) in [4.78, 5) is 12.0. The molecule has 7 nitrogen and oxygen atoms in total. The van der Waals surface area contributed by atoms with Crippen LogP contribution in [0.25, 0.3) is 0 Å². The van der Waals surface area contributed by atoms with Crippen LogP contribution in [0, 0.1) is 3.57 Å². The molecule has 10 heteroatoms. The summed E-state index contributed by atoms with van der Waals surface area (Å²) < 4.78 is 25.7. The van der Waals surface area contributed by atoms with E-state index in [-0.39, 0.29) is 10.7 Å². The monoisotopic (exact) mass is 484 g/mol. The van der Waals surface area contributed by atoms with Gasteiger partial charge in [0.15, 0.2) is 5.82 Å². The first-order chi connectivity index (χ1) is 9.68. The normalized spacial score (nSPS) is 11.4. The molecule has 0 bridgehead atoms. The van der Waals surface area contributed by atoms with E-state index in [1.165, 1.54) is 17.9 Å². The molecule has 0 atom stereocenters. The third-order valence-electron chi connectivity index (χ3n) is 2.51. The highest BCUT2D eigenvalue weighted by Crippen LogP contribution is 2.22. The topological polar surface area (TPSA) is 107 Å². The third kappa shape index (κ3) is 3.81. The molecule has 1 heterocycles. The minimum absolute atomic E-state index is 0.0965. The van der Waals surface area contributed by atoms with Crippen LogP contribution in [0.15, 0.2) is 33.8 Å². The molecule has 3 N–H and O–H groups in total. The van der Waals surface area contributed by atoms with E-state index in [4.69, 9.17) is 5.14 Å². The highest BCUT2D eigenvalue weighted by molar-refractivity contribution is 14.1. The summed E-state index contributed by atoms with van der Waals surface area (Å²) in [6, 6.07) is 5.20. The van der Waals surface area contributed by atoms with Gasteiger partial charge in [0.1, 0.15) is 4.90 Å². The van der Waals surface area contributed by atoms with Crippen LogP contribution in [0.2, 0.25) is 0 Å². The molecule has 0 aliphatic heterocycles. The maximum Gasteiger partial charge on any atom is 0.258 e. The average Bonchev–Trinajstić information content (AvgIpc) is 2.73. The minimum atomic E-state index is -3.97. The van der Waals surface area contributed by atoms with Crippen LogP contribution in [-0.4, -0.2) is 24.1 Å². The molecule has 2 aromatic rings. The Morgan fingerprint density at radius 2 is 2.14 bits per heavy atom. The van der Waals surface area contributed by atoms with E-state index in [1.54, 1.807) is 18.2 Å². The number of nitrogens with two attached hydrogens (primary N) is 1. The second kappa shape index (κ2) is 6.02. The van der Waals surface area contributed by atoms with Crippen LogP contribution in [0.4, 0.5) is 5.82 Å². The van der Waals surface area contributed by atoms with Crippen molar-refractivity contribution in [3.05, 3.63) is 38.0 Å². The Bertz CT molecular complexity index is 819. The van der Waals surface area contributed by atoms with Gasteiger partial charge in [0.2, 0.25) is 10.0 Å². The molecule has 2 rings (SSSR count). The van der Waals surface area contributed by atoms with E-state index in [1.807, 2.05) is 22.6 Å². The number of nitrogens with zero attached hydrogens (tertiary/aromatic N) is 2. The first kappa shape index (κ1) is 16.4. The van der Waals surface area contributed by atoms with Gasteiger partial charge in [-0.05, 0) is 40.8 Å². The van der Waals surface area contributed by atoms with Gasteiger partial charge in [0.25, 0.3) is 5.91 Å². The predicted octanol–water partition coefficient (Wildman–Crippen LogP) is 1.69. The average molecular weight is 485 g/mol. The van der Waals surface area contributed by atoms with Crippen LogP contribution in [0.5, 0.6) is 0 Å². The van der Waals surface area contributed by atoms with Gasteiger partial charge < -0.3 is 5.32 Å². The number of sulfonamides is 1. The van der Waals surface area contributed by atoms with Crippen molar-refractivity contribution in [3.8, 4) is 0 Å². The molecule has 0 aliphatic rings. The van der Waals surface area contributed by atoms with Crippen molar-refractivity contribution in [3.63, 3.8) is 0 Å². The standard InChI is InChI=1S/C11H10BrIN4O3S/c1-17-5-9(21(14,19)20)10(16-17)15-11(18)7-4-6(12)2-3-8(7)13/h2-5H,1H3,(H2,14,19,20)(H,15,16,18). The quantitative estimate of drug-likeness (QED) is 0.646. The number of aromatic nitrogens is 2. The van der Waals surface area contributed by atoms with Crippen LogP contribution in [0.1, 0.15) is 10.4 Å². The van der Waals surface area contributed by atoms with Gasteiger partial charge in [0.05, 0.1) is 5.56 Å². The van der Waals surface area contributed by atoms with Gasteiger partial charge in [-0.3, -0.25) is 9.48 Å². The second-order valence-electron chi connectivity index (χ2n) is 4.14. The van der Waals surface area contributed by atoms with Crippen molar-refractivity contribution in [1.82, 2.24) is 9.78 Å². The Balaban J connectivity index is 2.39. The number of anilines is 1. The highest BCUT2D eigenvalue weighted by atomic mass is 127. The van der Waals surface area contributed by atoms with E-state index < -0.39 is 15.9 Å². The fraction of sp³-hybridized carbons (Fsp3) is 0.0909. The number of benzene rings is 1. The summed E-state index contributed by atoms with van der Waals surface area (Å²) in [5.74, 6) is -0.565. The molecule has 0 unspecified atom stereocenters. The number of primary sulfonamides is 1. The molecular formula is C11H10BrIN4O3S. The van der Waals surface area contributed by atoms with Crippen molar-refractivity contribution in [2.24, 2.45) is 12.2 Å². The lowest BCUT2D eigenvalue weighted by Gasteiger charge is -2.06. The van der Waals surface area contributed by atoms with Crippen molar-refractivity contribution in [1.29, 1.82) is 0 Å². The van der Waals surface area contributed by atoms with Crippen LogP contribution in [0.3, 0.4) is 0 Å². The lowest BCUT2D eigenvalue weighted by atomic mass is 10.2. The lowest BCUT2D eigenvalue weighted by molar-refractivity contribution is 0.102. The molecule has 0 fully saturated rings. The van der Waals surface area contributed by atoms with Gasteiger partial charge >= 0.3 is 0 Å². The van der Waals surface area contributed by atoms with Gasteiger partial charge in [0, 0.05) is 21.3 Å². The van der Waals surface area contributed by atoms with E-state index in [0.717, 1.165) is 8.04 Å². The van der Waals surface area contributed by atoms with Gasteiger partial charge in [-0.2, -0.15) is 5.10 Å². The van der Waals surface area contributed by atoms with E-state index >= 15 is 0 Å². The lowest BCUT2D eigenvalue weighted by Crippen LogP contribution is -2.18. The summed E-state index contributed by atoms with van der Waals surface area (Å²) >= 11 is 5.30. The van der Waals surface area contributed by atoms with E-state index in [2.05, 4.69) is 26.3 Å². The number of carbonyl (C=O) groups excluding carboxylic acids is 1. The fourth-order valence-electron chi connectivity index (χ4n) is 1.61. The highest BCUT2D eigenvalue weighted by Gasteiger charge is 2.21. The first-order valence-electron chi connectivity index (χ1n) is 5.51. The summed E-state index contributed by atoms with van der Waals surface area (Å²) in [7, 11) is -2.43. The Kier molecular flexibility index (Phi) is 4.70. The zero-order valence-electron chi connectivity index (χ0n) is 10.7. The second-order valence-corrected chi connectivity index (χ2v) is 7.75. The molecule has 0 spiro atoms. The fourth-order valence-corrected chi connectivity index (χ4v) is 3.21. The Morgan fingerprint density at radius 1 is 1.48 bits per heavy atom. The number of nitrogens with one attached hydrogen (secondary N) is 1. The largest absolute Gasteiger partial charge is 0.304 e. The summed E-state index contributed by atoms with van der Waals surface area (Å²) in [5.41, 5.74) is 0.399. The van der Waals surface area contributed by atoms with Crippen molar-refractivity contribution in [2.75, 3.05) is 5.32 Å². The molecule has 112 valence electrons. The van der Waals surface area contributed by atoms with Gasteiger partial charge in [-0.15, -0.1) is 0 Å². The third-order valence-corrected chi connectivity index (χ3v) is 4.85. The zero-order valence-corrected chi connectivity index (χ0v) is 15.2. The molecule has 1 amide bonds. The number of amides is 1. The number of hydrogen-bond acceptors (Lipinski definition) is 4. The molecule has 0 radical (unpaired) electrons. The van der Waals surface area contributed by atoms with Gasteiger partial charge in [-0.1, -0.05) is 15.9 Å². The maximum absolute atomic E-state index is 12.3. The minimum Gasteiger partial charge on any atom is -0.304 e. The van der Waals surface area contributed by atoms with Crippen molar-refractivity contribution < 1.29 is 13.2 Å². The molecule has 21 heavy (non-hydrogen) atoms. The van der Waals surface area contributed by atoms with Crippen LogP contribution >= 0.6 is 38.5 Å². The van der Waals surface area contributed by atoms with E-state index in [9.17, 15) is 13.2 Å². The van der Waals surface area contributed by atoms with Gasteiger partial charge in [-0.25, -0.2) is 13.6 Å². The molecular weight excluding hydrogens is 475 g/mol. The summed E-state index contributed by atoms with van der Waals surface area (Å²) in [6.07, 6.45) is 1.23. The number of halogens is 2. The number of rotatable bonds is 3. The molecule has 0 saturated heterocycles. The first-order valence-corrected chi connectivity index (χ1v) is 8.93. The Labute approximate surface area is 143 Å². The molecule has 1 aromatic carbocycles. The van der Waals surface area contributed by atoms with Crippen molar-refractivity contribution >= 4 is 60.3 Å². The number of carbonyl (C=O) groups is 1. The number of hydrogen-bond donors (Lipinski definition) is 2. The zero-order chi connectivity index (χ0) is 15.8. The summed E-state index contributed by atoms with van der Waals surface area (Å²) in [6.45, 7) is 0. The SMILES string of the molecule is Cn1cc(S(N)(=O)=O)c(NC(=O)c2cc(Br)ccc2I)n1. The van der Waals surface area contributed by atoms with Crippen LogP contribution < -0.4 is 10.5 Å². The van der Waals surface area contributed by atoms with E-state index in [0.29, 0.717) is 5.56 Å². The Morgan fingerprint density at radius 3 is 2.76 bits per heavy atom. The predicted molar refractivity (Wildman–Crippen MR) is 89.4 cm³/mol. The van der Waals surface area contributed by atoms with Crippen molar-refractivity contribution in [2.45, 2.75) is 4.90 Å². The smallest absolute Gasteiger partial charge is 0.258 e. The molecule has 1 aromatic heterocycles. The molecule has 0 saturated carbocycles. The molecule has 0 aliphatic carbocycles. The number of aryl methyl sites for hydroxylation is 1. The summed E-state index contributed by atoms with van der Waals surface area (Å²) in [5, 5.41) is 11.5. The van der Waals surface area contributed by atoms with Crippen LogP contribution in [-0.2, 0) is 17.1 Å². The Hall–Kier alpha value is -0.980. The maximum atomic E-state index is 12.3.